The highest BCUT2D eigenvalue weighted by Crippen LogP contribution is 2.60. The number of fused-ring (bicyclic) bond motifs is 1. The molecule has 3 unspecified atom stereocenters. The first kappa shape index (κ1) is 23.9. The van der Waals surface area contributed by atoms with E-state index in [-0.39, 0.29) is 11.4 Å². The van der Waals surface area contributed by atoms with Crippen LogP contribution in [0.4, 0.5) is 14.6 Å². The maximum atomic E-state index is 15.1. The molecule has 33 heavy (non-hydrogen) atoms. The Hall–Kier alpha value is -2.21. The van der Waals surface area contributed by atoms with Crippen molar-refractivity contribution in [3.05, 3.63) is 57.6 Å². The molecule has 3 heterocycles. The fraction of sp³-hybridized carbons (Fsp3) is 0.421. The van der Waals surface area contributed by atoms with Crippen LogP contribution in [0.5, 0.6) is 0 Å². The number of anilines is 1. The topological polar surface area (TPSA) is 118 Å². The molecular weight excluding hydrogens is 487 g/mol. The zero-order valence-electron chi connectivity index (χ0n) is 17.3. The molecule has 1 aromatic heterocycles. The minimum Gasteiger partial charge on any atom is -0.343 e. The largest absolute Gasteiger partial charge is 0.475 e. The van der Waals surface area contributed by atoms with E-state index in [1.165, 1.54) is 30.3 Å². The molecule has 1 N–H and O–H groups in total. The first-order valence-electron chi connectivity index (χ1n) is 9.79. The van der Waals surface area contributed by atoms with Crippen molar-refractivity contribution in [2.75, 3.05) is 11.9 Å². The van der Waals surface area contributed by atoms with Gasteiger partial charge in [0.15, 0.2) is 6.10 Å². The van der Waals surface area contributed by atoms with Crippen LogP contribution in [0.15, 0.2) is 41.3 Å². The van der Waals surface area contributed by atoms with Crippen LogP contribution in [0.3, 0.4) is 0 Å². The molecule has 0 saturated carbocycles. The molecule has 0 radical (unpaired) electrons. The Labute approximate surface area is 191 Å². The van der Waals surface area contributed by atoms with Gasteiger partial charge in [0.2, 0.25) is 6.23 Å². The summed E-state index contributed by atoms with van der Waals surface area (Å²) in [6.07, 6.45) is -4.94. The van der Waals surface area contributed by atoms with Crippen LogP contribution >= 0.6 is 19.4 Å². The molecule has 2 aliphatic rings. The molecule has 2 aromatic rings. The molecule has 0 spiro atoms. The SMILES string of the molecule is CC(C)OP1(=O)OCC2OC(n3ccc(NC(=O)c4ccc(Cl)cc4)nc3=O)C(F)(F)[C@@H]2O1. The predicted molar refractivity (Wildman–Crippen MR) is 111 cm³/mol. The van der Waals surface area contributed by atoms with Crippen LogP contribution in [0, 0.1) is 0 Å². The van der Waals surface area contributed by atoms with Gasteiger partial charge in [-0.15, -0.1) is 0 Å². The Balaban J connectivity index is 1.52. The quantitative estimate of drug-likeness (QED) is 0.612. The summed E-state index contributed by atoms with van der Waals surface area (Å²) in [7, 11) is -4.22. The first-order chi connectivity index (χ1) is 15.5. The average molecular weight is 506 g/mol. The van der Waals surface area contributed by atoms with Crippen molar-refractivity contribution in [2.24, 2.45) is 0 Å². The third-order valence-electron chi connectivity index (χ3n) is 4.76. The van der Waals surface area contributed by atoms with Gasteiger partial charge in [0, 0.05) is 16.8 Å². The molecule has 2 fully saturated rings. The van der Waals surface area contributed by atoms with Gasteiger partial charge in [0.25, 0.3) is 5.91 Å². The number of benzene rings is 1. The van der Waals surface area contributed by atoms with Crippen LogP contribution < -0.4 is 11.0 Å². The molecule has 2 aliphatic heterocycles. The number of nitrogens with zero attached hydrogens (tertiary/aromatic N) is 2. The summed E-state index contributed by atoms with van der Waals surface area (Å²) in [5, 5.41) is 2.84. The number of halogens is 3. The number of carbonyl (C=O) groups excluding carboxylic acids is 1. The molecule has 4 atom stereocenters. The number of amides is 1. The van der Waals surface area contributed by atoms with E-state index in [2.05, 4.69) is 10.3 Å². The summed E-state index contributed by atoms with van der Waals surface area (Å²) < 4.78 is 63.6. The number of carbonyl (C=O) groups is 1. The lowest BCUT2D eigenvalue weighted by molar-refractivity contribution is -0.139. The zero-order chi connectivity index (χ0) is 24.0. The van der Waals surface area contributed by atoms with E-state index >= 15 is 8.78 Å². The van der Waals surface area contributed by atoms with E-state index in [0.717, 1.165) is 6.20 Å². The van der Waals surface area contributed by atoms with Crippen LogP contribution in [-0.2, 0) is 22.9 Å². The lowest BCUT2D eigenvalue weighted by Gasteiger charge is -2.32. The summed E-state index contributed by atoms with van der Waals surface area (Å²) in [5.74, 6) is -4.48. The number of alkyl halides is 2. The van der Waals surface area contributed by atoms with Crippen molar-refractivity contribution in [3.8, 4) is 0 Å². The van der Waals surface area contributed by atoms with Crippen molar-refractivity contribution < 1.29 is 36.4 Å². The molecule has 14 heteroatoms. The lowest BCUT2D eigenvalue weighted by Crippen LogP contribution is -2.45. The van der Waals surface area contributed by atoms with Crippen molar-refractivity contribution >= 4 is 31.1 Å². The van der Waals surface area contributed by atoms with E-state index in [1.54, 1.807) is 13.8 Å². The monoisotopic (exact) mass is 505 g/mol. The van der Waals surface area contributed by atoms with E-state index in [0.29, 0.717) is 9.59 Å². The summed E-state index contributed by atoms with van der Waals surface area (Å²) in [6, 6.07) is 7.13. The summed E-state index contributed by atoms with van der Waals surface area (Å²) >= 11 is 5.78. The normalized spacial score (nSPS) is 28.5. The fourth-order valence-electron chi connectivity index (χ4n) is 3.33. The second kappa shape index (κ2) is 8.86. The van der Waals surface area contributed by atoms with Crippen molar-refractivity contribution in [2.45, 2.75) is 44.3 Å². The van der Waals surface area contributed by atoms with Crippen molar-refractivity contribution in [1.82, 2.24) is 9.55 Å². The number of rotatable bonds is 5. The van der Waals surface area contributed by atoms with Gasteiger partial charge in [0.1, 0.15) is 11.9 Å². The molecule has 2 saturated heterocycles. The van der Waals surface area contributed by atoms with Crippen molar-refractivity contribution in [3.63, 3.8) is 0 Å². The van der Waals surface area contributed by atoms with E-state index < -0.39 is 56.5 Å². The molecule has 178 valence electrons. The second-order valence-corrected chi connectivity index (χ2v) is 9.60. The number of hydrogen-bond acceptors (Lipinski definition) is 8. The van der Waals surface area contributed by atoms with Gasteiger partial charge >= 0.3 is 19.4 Å². The Morgan fingerprint density at radius 1 is 1.33 bits per heavy atom. The zero-order valence-corrected chi connectivity index (χ0v) is 19.0. The third-order valence-corrected chi connectivity index (χ3v) is 6.64. The van der Waals surface area contributed by atoms with Gasteiger partial charge in [0.05, 0.1) is 12.7 Å². The van der Waals surface area contributed by atoms with Crippen LogP contribution in [-0.4, -0.2) is 46.3 Å². The highest BCUT2D eigenvalue weighted by atomic mass is 35.5. The summed E-state index contributed by atoms with van der Waals surface area (Å²) in [6.45, 7) is 2.62. The minimum atomic E-state index is -4.22. The Bertz CT molecular complexity index is 1160. The lowest BCUT2D eigenvalue weighted by atomic mass is 10.1. The van der Waals surface area contributed by atoms with E-state index in [4.69, 9.17) is 29.9 Å². The Morgan fingerprint density at radius 3 is 2.67 bits per heavy atom. The number of aromatic nitrogens is 2. The van der Waals surface area contributed by atoms with Crippen molar-refractivity contribution in [1.29, 1.82) is 0 Å². The molecule has 10 nitrogen and oxygen atoms in total. The third kappa shape index (κ3) is 4.86. The van der Waals surface area contributed by atoms with Gasteiger partial charge in [-0.1, -0.05) is 11.6 Å². The number of hydrogen-bond donors (Lipinski definition) is 1. The van der Waals surface area contributed by atoms with E-state index in [9.17, 15) is 14.2 Å². The average Bonchev–Trinajstić information content (AvgIpc) is 2.98. The summed E-state index contributed by atoms with van der Waals surface area (Å²) in [5.41, 5.74) is -0.847. The van der Waals surface area contributed by atoms with Crippen LogP contribution in [0.2, 0.25) is 5.02 Å². The smallest absolute Gasteiger partial charge is 0.343 e. The molecule has 0 aliphatic carbocycles. The standard InChI is InChI=1S/C19H19ClF2N3O7P/c1-10(2)31-33(28)29-9-13-15(32-33)19(21,22)17(30-13)25-8-7-14(24-18(25)27)23-16(26)11-3-5-12(20)6-4-11/h3-8,10,13,15,17H,9H2,1-2H3,(H,23,24,26,27)/t13?,15-,17?,33?/m1/s1. The first-order valence-corrected chi connectivity index (χ1v) is 11.6. The summed E-state index contributed by atoms with van der Waals surface area (Å²) in [4.78, 5) is 28.4. The van der Waals surface area contributed by atoms with Gasteiger partial charge in [-0.05, 0) is 44.2 Å². The highest BCUT2D eigenvalue weighted by molar-refractivity contribution is 7.48. The fourth-order valence-corrected chi connectivity index (χ4v) is 5.03. The number of nitrogens with one attached hydrogen (secondary N) is 1. The van der Waals surface area contributed by atoms with Gasteiger partial charge in [-0.25, -0.2) is 9.36 Å². The number of ether oxygens (including phenoxy) is 1. The Kier molecular flexibility index (Phi) is 6.43. The second-order valence-electron chi connectivity index (χ2n) is 7.59. The van der Waals surface area contributed by atoms with Gasteiger partial charge < -0.3 is 10.1 Å². The number of phosphoric ester groups is 1. The molecule has 4 rings (SSSR count). The van der Waals surface area contributed by atoms with E-state index in [1.807, 2.05) is 0 Å². The minimum absolute atomic E-state index is 0.149. The molecule has 0 bridgehead atoms. The molecule has 1 aromatic carbocycles. The maximum Gasteiger partial charge on any atom is 0.475 e. The van der Waals surface area contributed by atoms with Crippen LogP contribution in [0.25, 0.3) is 0 Å². The van der Waals surface area contributed by atoms with Crippen LogP contribution in [0.1, 0.15) is 30.4 Å². The van der Waals surface area contributed by atoms with Gasteiger partial charge in [-0.3, -0.25) is 22.9 Å². The predicted octanol–water partition coefficient (Wildman–Crippen LogP) is 3.63. The highest BCUT2D eigenvalue weighted by Gasteiger charge is 2.65. The number of phosphoric acid groups is 1. The molecular formula is C19H19ClF2N3O7P. The molecule has 1 amide bonds. The van der Waals surface area contributed by atoms with Gasteiger partial charge in [-0.2, -0.15) is 13.8 Å². The Morgan fingerprint density at radius 2 is 2.03 bits per heavy atom. The maximum absolute atomic E-state index is 15.1.